The second kappa shape index (κ2) is 5.86. The number of rotatable bonds is 5. The summed E-state index contributed by atoms with van der Waals surface area (Å²) in [5.41, 5.74) is -0.116. The zero-order valence-electron chi connectivity index (χ0n) is 10.7. The number of hydrogen-bond donors (Lipinski definition) is 0. The van der Waals surface area contributed by atoms with Gasteiger partial charge in [-0.1, -0.05) is 13.8 Å². The van der Waals surface area contributed by atoms with E-state index in [1.165, 1.54) is 12.8 Å². The van der Waals surface area contributed by atoms with E-state index in [2.05, 4.69) is 27.7 Å². The summed E-state index contributed by atoms with van der Waals surface area (Å²) in [6.07, 6.45) is 5.06. The van der Waals surface area contributed by atoms with Crippen LogP contribution in [0.2, 0.25) is 0 Å². The highest BCUT2D eigenvalue weighted by Crippen LogP contribution is 2.26. The maximum absolute atomic E-state index is 5.95. The lowest BCUT2D eigenvalue weighted by atomic mass is 9.94. The highest BCUT2D eigenvalue weighted by molar-refractivity contribution is 4.82. The minimum absolute atomic E-state index is 0.116. The van der Waals surface area contributed by atoms with Gasteiger partial charge in [0.1, 0.15) is 0 Å². The molecule has 2 nitrogen and oxygen atoms in total. The van der Waals surface area contributed by atoms with Crippen molar-refractivity contribution in [2.45, 2.75) is 65.1 Å². The molecular weight excluding hydrogens is 188 g/mol. The van der Waals surface area contributed by atoms with Gasteiger partial charge in [-0.3, -0.25) is 0 Å². The van der Waals surface area contributed by atoms with E-state index in [9.17, 15) is 0 Å². The number of ether oxygens (including phenoxy) is 2. The molecule has 0 aliphatic carbocycles. The lowest BCUT2D eigenvalue weighted by Gasteiger charge is -2.36. The van der Waals surface area contributed by atoms with Gasteiger partial charge in [0.2, 0.25) is 0 Å². The van der Waals surface area contributed by atoms with Crippen LogP contribution in [0.25, 0.3) is 0 Å². The monoisotopic (exact) mass is 214 g/mol. The Morgan fingerprint density at radius 3 is 2.60 bits per heavy atom. The van der Waals surface area contributed by atoms with E-state index in [0.717, 1.165) is 26.1 Å². The second-order valence-electron chi connectivity index (χ2n) is 5.49. The largest absolute Gasteiger partial charge is 0.375 e. The van der Waals surface area contributed by atoms with Gasteiger partial charge in [0.05, 0.1) is 11.7 Å². The molecule has 0 amide bonds. The van der Waals surface area contributed by atoms with E-state index in [-0.39, 0.29) is 5.60 Å². The Labute approximate surface area is 94.3 Å². The minimum Gasteiger partial charge on any atom is -0.375 e. The van der Waals surface area contributed by atoms with Gasteiger partial charge in [-0.15, -0.1) is 0 Å². The summed E-state index contributed by atoms with van der Waals surface area (Å²) in [7, 11) is 0. The molecule has 15 heavy (non-hydrogen) atoms. The Bertz CT molecular complexity index is 169. The Hall–Kier alpha value is -0.0800. The smallest absolute Gasteiger partial charge is 0.0886 e. The van der Waals surface area contributed by atoms with Crippen LogP contribution >= 0.6 is 0 Å². The van der Waals surface area contributed by atoms with E-state index in [0.29, 0.717) is 12.0 Å². The van der Waals surface area contributed by atoms with Crippen LogP contribution in [-0.2, 0) is 9.47 Å². The van der Waals surface area contributed by atoms with Crippen LogP contribution in [0.4, 0.5) is 0 Å². The first-order valence-corrected chi connectivity index (χ1v) is 6.28. The molecule has 1 fully saturated rings. The van der Waals surface area contributed by atoms with Crippen LogP contribution in [-0.4, -0.2) is 24.9 Å². The lowest BCUT2D eigenvalue weighted by molar-refractivity contribution is -0.142. The third kappa shape index (κ3) is 4.52. The van der Waals surface area contributed by atoms with Crippen molar-refractivity contribution in [1.29, 1.82) is 0 Å². The van der Waals surface area contributed by atoms with Crippen molar-refractivity contribution in [3.63, 3.8) is 0 Å². The summed E-state index contributed by atoms with van der Waals surface area (Å²) in [6.45, 7) is 10.5. The van der Waals surface area contributed by atoms with E-state index < -0.39 is 0 Å². The standard InChI is InChI=1S/C13H26O2/c1-11(2)8-10-15-13(3,4)12-7-5-6-9-14-12/h11-12H,5-10H2,1-4H3. The van der Waals surface area contributed by atoms with Gasteiger partial charge < -0.3 is 9.47 Å². The van der Waals surface area contributed by atoms with Crippen molar-refractivity contribution in [2.75, 3.05) is 13.2 Å². The van der Waals surface area contributed by atoms with E-state index in [1.807, 2.05) is 0 Å². The normalized spacial score (nSPS) is 23.4. The van der Waals surface area contributed by atoms with Gasteiger partial charge in [-0.2, -0.15) is 0 Å². The van der Waals surface area contributed by atoms with E-state index >= 15 is 0 Å². The first-order valence-electron chi connectivity index (χ1n) is 6.28. The van der Waals surface area contributed by atoms with Crippen LogP contribution in [0.3, 0.4) is 0 Å². The molecular formula is C13H26O2. The fraction of sp³-hybridized carbons (Fsp3) is 1.00. The molecule has 1 unspecified atom stereocenters. The molecule has 0 saturated carbocycles. The molecule has 1 rings (SSSR count). The van der Waals surface area contributed by atoms with Crippen LogP contribution in [0.1, 0.15) is 53.4 Å². The fourth-order valence-electron chi connectivity index (χ4n) is 1.94. The van der Waals surface area contributed by atoms with Crippen LogP contribution in [0.5, 0.6) is 0 Å². The van der Waals surface area contributed by atoms with Crippen LogP contribution in [0, 0.1) is 5.92 Å². The van der Waals surface area contributed by atoms with Crippen molar-refractivity contribution >= 4 is 0 Å². The highest BCUT2D eigenvalue weighted by Gasteiger charge is 2.32. The summed E-state index contributed by atoms with van der Waals surface area (Å²) in [5, 5.41) is 0. The van der Waals surface area contributed by atoms with Crippen molar-refractivity contribution < 1.29 is 9.47 Å². The molecule has 0 bridgehead atoms. The average molecular weight is 214 g/mol. The summed E-state index contributed by atoms with van der Waals surface area (Å²) >= 11 is 0. The molecule has 0 N–H and O–H groups in total. The first-order chi connectivity index (χ1) is 7.02. The summed E-state index contributed by atoms with van der Waals surface area (Å²) < 4.78 is 11.7. The second-order valence-corrected chi connectivity index (χ2v) is 5.49. The Kier molecular flexibility index (Phi) is 5.07. The van der Waals surface area contributed by atoms with Crippen molar-refractivity contribution in [1.82, 2.24) is 0 Å². The molecule has 1 aliphatic heterocycles. The average Bonchev–Trinajstić information content (AvgIpc) is 2.18. The number of hydrogen-bond acceptors (Lipinski definition) is 2. The van der Waals surface area contributed by atoms with Gasteiger partial charge in [-0.05, 0) is 45.4 Å². The van der Waals surface area contributed by atoms with Gasteiger partial charge in [0, 0.05) is 13.2 Å². The van der Waals surface area contributed by atoms with Gasteiger partial charge in [-0.25, -0.2) is 0 Å². The predicted molar refractivity (Wildman–Crippen MR) is 63.1 cm³/mol. The van der Waals surface area contributed by atoms with Crippen molar-refractivity contribution in [2.24, 2.45) is 5.92 Å². The molecule has 1 atom stereocenters. The molecule has 0 aromatic carbocycles. The minimum atomic E-state index is -0.116. The van der Waals surface area contributed by atoms with E-state index in [1.54, 1.807) is 0 Å². The molecule has 0 spiro atoms. The third-order valence-corrected chi connectivity index (χ3v) is 3.12. The molecule has 0 aromatic heterocycles. The quantitative estimate of drug-likeness (QED) is 0.698. The third-order valence-electron chi connectivity index (χ3n) is 3.12. The van der Waals surface area contributed by atoms with Gasteiger partial charge in [0.15, 0.2) is 0 Å². The topological polar surface area (TPSA) is 18.5 Å². The molecule has 0 aromatic rings. The molecule has 90 valence electrons. The predicted octanol–water partition coefficient (Wildman–Crippen LogP) is 3.40. The highest BCUT2D eigenvalue weighted by atomic mass is 16.5. The van der Waals surface area contributed by atoms with Crippen LogP contribution < -0.4 is 0 Å². The molecule has 1 heterocycles. The van der Waals surface area contributed by atoms with Crippen molar-refractivity contribution in [3.8, 4) is 0 Å². The van der Waals surface area contributed by atoms with Gasteiger partial charge in [0.25, 0.3) is 0 Å². The first kappa shape index (κ1) is 13.0. The molecule has 1 saturated heterocycles. The fourth-order valence-corrected chi connectivity index (χ4v) is 1.94. The lowest BCUT2D eigenvalue weighted by Crippen LogP contribution is -2.43. The van der Waals surface area contributed by atoms with Crippen LogP contribution in [0.15, 0.2) is 0 Å². The van der Waals surface area contributed by atoms with Gasteiger partial charge >= 0.3 is 0 Å². The summed E-state index contributed by atoms with van der Waals surface area (Å²) in [4.78, 5) is 0. The zero-order valence-corrected chi connectivity index (χ0v) is 10.7. The molecule has 2 heteroatoms. The maximum atomic E-state index is 5.95. The Morgan fingerprint density at radius 1 is 1.33 bits per heavy atom. The summed E-state index contributed by atoms with van der Waals surface area (Å²) in [5.74, 6) is 0.716. The summed E-state index contributed by atoms with van der Waals surface area (Å²) in [6, 6.07) is 0. The Morgan fingerprint density at radius 2 is 2.07 bits per heavy atom. The molecule has 0 radical (unpaired) electrons. The van der Waals surface area contributed by atoms with Crippen molar-refractivity contribution in [3.05, 3.63) is 0 Å². The zero-order chi connectivity index (χ0) is 11.3. The SMILES string of the molecule is CC(C)CCOC(C)(C)C1CCCCO1. The maximum Gasteiger partial charge on any atom is 0.0886 e. The van der Waals surface area contributed by atoms with E-state index in [4.69, 9.17) is 9.47 Å². The molecule has 1 aliphatic rings. The Balaban J connectivity index is 2.29.